The van der Waals surface area contributed by atoms with Gasteiger partial charge in [-0.3, -0.25) is 14.4 Å². The minimum Gasteiger partial charge on any atom is -0.368 e. The molecule has 0 radical (unpaired) electrons. The minimum absolute atomic E-state index is 0.133. The summed E-state index contributed by atoms with van der Waals surface area (Å²) in [6, 6.07) is 5.88. The predicted octanol–water partition coefficient (Wildman–Crippen LogP) is 0.400. The van der Waals surface area contributed by atoms with Crippen LogP contribution >= 0.6 is 0 Å². The fraction of sp³-hybridized carbons (Fsp3) is 0.526. The maximum Gasteiger partial charge on any atom is 0.265 e. The molecule has 1 aromatic carbocycles. The smallest absolute Gasteiger partial charge is 0.265 e. The third kappa shape index (κ3) is 4.46. The molecule has 1 saturated heterocycles. The second-order valence-corrected chi connectivity index (χ2v) is 7.51. The summed E-state index contributed by atoms with van der Waals surface area (Å²) in [5.41, 5.74) is 13.3. The van der Waals surface area contributed by atoms with Gasteiger partial charge in [0.15, 0.2) is 0 Å². The zero-order valence-electron chi connectivity index (χ0n) is 15.4. The van der Waals surface area contributed by atoms with E-state index in [0.29, 0.717) is 6.42 Å². The molecule has 2 aliphatic heterocycles. The van der Waals surface area contributed by atoms with E-state index in [1.807, 2.05) is 24.3 Å². The molecular formula is C19H24F2N4O3. The number of alkyl halides is 2. The van der Waals surface area contributed by atoms with Crippen molar-refractivity contribution in [3.63, 3.8) is 0 Å². The molecule has 0 unspecified atom stereocenters. The van der Waals surface area contributed by atoms with Crippen molar-refractivity contribution in [1.29, 1.82) is 0 Å². The first kappa shape index (κ1) is 20.2. The lowest BCUT2D eigenvalue weighted by Gasteiger charge is -2.37. The van der Waals surface area contributed by atoms with Crippen LogP contribution in [-0.2, 0) is 27.3 Å². The molecule has 2 atom stereocenters. The van der Waals surface area contributed by atoms with E-state index < -0.39 is 42.8 Å². The number of hydrogen-bond donors (Lipinski definition) is 2. The van der Waals surface area contributed by atoms with Gasteiger partial charge in [-0.1, -0.05) is 24.3 Å². The number of fused-ring (bicyclic) bond motifs is 1. The van der Waals surface area contributed by atoms with Gasteiger partial charge in [-0.15, -0.1) is 0 Å². The van der Waals surface area contributed by atoms with Gasteiger partial charge in [0.05, 0.1) is 6.54 Å². The molecule has 0 aromatic heterocycles. The first-order chi connectivity index (χ1) is 13.2. The first-order valence-corrected chi connectivity index (χ1v) is 9.23. The zero-order valence-corrected chi connectivity index (χ0v) is 15.4. The van der Waals surface area contributed by atoms with Crippen molar-refractivity contribution in [2.24, 2.45) is 11.5 Å². The molecule has 2 heterocycles. The van der Waals surface area contributed by atoms with E-state index in [2.05, 4.69) is 0 Å². The molecule has 0 bridgehead atoms. The fourth-order valence-electron chi connectivity index (χ4n) is 3.79. The molecular weight excluding hydrogens is 370 g/mol. The Morgan fingerprint density at radius 1 is 1.25 bits per heavy atom. The van der Waals surface area contributed by atoms with Crippen molar-refractivity contribution >= 4 is 17.7 Å². The van der Waals surface area contributed by atoms with E-state index in [1.165, 1.54) is 4.90 Å². The fourth-order valence-corrected chi connectivity index (χ4v) is 3.79. The second kappa shape index (κ2) is 7.83. The largest absolute Gasteiger partial charge is 0.368 e. The number of rotatable bonds is 5. The molecule has 1 aromatic rings. The molecule has 3 rings (SSSR count). The molecule has 4 N–H and O–H groups in total. The molecule has 0 saturated carbocycles. The predicted molar refractivity (Wildman–Crippen MR) is 97.0 cm³/mol. The number of benzene rings is 1. The summed E-state index contributed by atoms with van der Waals surface area (Å²) in [7, 11) is 0. The first-order valence-electron chi connectivity index (χ1n) is 9.23. The summed E-state index contributed by atoms with van der Waals surface area (Å²) in [6.07, 6.45) is -0.547. The SMILES string of the molecule is NC(=O)[C@@H]1Cc2ccccc2CN1C(=O)C[C@H](N)CN1CC(F)(F)CCC1=O. The monoisotopic (exact) mass is 394 g/mol. The Bertz CT molecular complexity index is 786. The number of amides is 3. The maximum atomic E-state index is 13.6. The van der Waals surface area contributed by atoms with Crippen molar-refractivity contribution in [3.05, 3.63) is 35.4 Å². The Balaban J connectivity index is 1.65. The third-order valence-corrected chi connectivity index (χ3v) is 5.27. The van der Waals surface area contributed by atoms with Crippen molar-refractivity contribution in [1.82, 2.24) is 9.80 Å². The highest BCUT2D eigenvalue weighted by Gasteiger charge is 2.40. The maximum absolute atomic E-state index is 13.6. The van der Waals surface area contributed by atoms with Crippen LogP contribution in [0.5, 0.6) is 0 Å². The molecule has 1 fully saturated rings. The minimum atomic E-state index is -2.94. The van der Waals surface area contributed by atoms with E-state index in [4.69, 9.17) is 11.5 Å². The number of piperidine rings is 1. The van der Waals surface area contributed by atoms with Gasteiger partial charge in [-0.05, 0) is 11.1 Å². The van der Waals surface area contributed by atoms with Gasteiger partial charge in [-0.25, -0.2) is 8.78 Å². The van der Waals surface area contributed by atoms with E-state index in [0.717, 1.165) is 16.0 Å². The van der Waals surface area contributed by atoms with Gasteiger partial charge in [0, 0.05) is 44.8 Å². The van der Waals surface area contributed by atoms with Gasteiger partial charge in [0.25, 0.3) is 5.92 Å². The highest BCUT2D eigenvalue weighted by Crippen LogP contribution is 2.28. The molecule has 2 aliphatic rings. The molecule has 0 aliphatic carbocycles. The van der Waals surface area contributed by atoms with E-state index in [-0.39, 0.29) is 31.8 Å². The highest BCUT2D eigenvalue weighted by atomic mass is 19.3. The number of nitrogens with zero attached hydrogens (tertiary/aromatic N) is 2. The van der Waals surface area contributed by atoms with E-state index in [1.54, 1.807) is 0 Å². The quantitative estimate of drug-likeness (QED) is 0.753. The van der Waals surface area contributed by atoms with Crippen LogP contribution in [0.1, 0.15) is 30.4 Å². The van der Waals surface area contributed by atoms with Crippen LogP contribution in [0.3, 0.4) is 0 Å². The number of halogens is 2. The number of hydrogen-bond acceptors (Lipinski definition) is 4. The lowest BCUT2D eigenvalue weighted by atomic mass is 9.93. The number of carbonyl (C=O) groups excluding carboxylic acids is 3. The van der Waals surface area contributed by atoms with Crippen LogP contribution in [0.2, 0.25) is 0 Å². The van der Waals surface area contributed by atoms with Crippen LogP contribution < -0.4 is 11.5 Å². The zero-order chi connectivity index (χ0) is 20.5. The number of nitrogens with two attached hydrogens (primary N) is 2. The molecule has 28 heavy (non-hydrogen) atoms. The lowest BCUT2D eigenvalue weighted by Crippen LogP contribution is -2.54. The Labute approximate surface area is 161 Å². The summed E-state index contributed by atoms with van der Waals surface area (Å²) in [4.78, 5) is 38.9. The Morgan fingerprint density at radius 3 is 2.61 bits per heavy atom. The molecule has 3 amide bonds. The van der Waals surface area contributed by atoms with Crippen molar-refractivity contribution in [3.8, 4) is 0 Å². The second-order valence-electron chi connectivity index (χ2n) is 7.51. The van der Waals surface area contributed by atoms with E-state index in [9.17, 15) is 23.2 Å². The van der Waals surface area contributed by atoms with Crippen molar-refractivity contribution in [2.75, 3.05) is 13.1 Å². The summed E-state index contributed by atoms with van der Waals surface area (Å²) in [5, 5.41) is 0. The topological polar surface area (TPSA) is 110 Å². The van der Waals surface area contributed by atoms with Gasteiger partial charge in [0.2, 0.25) is 17.7 Å². The van der Waals surface area contributed by atoms with Crippen molar-refractivity contribution < 1.29 is 23.2 Å². The third-order valence-electron chi connectivity index (χ3n) is 5.27. The van der Waals surface area contributed by atoms with Crippen LogP contribution in [0.25, 0.3) is 0 Å². The van der Waals surface area contributed by atoms with Gasteiger partial charge in [-0.2, -0.15) is 0 Å². The summed E-state index contributed by atoms with van der Waals surface area (Å²) >= 11 is 0. The van der Waals surface area contributed by atoms with Crippen LogP contribution in [0.15, 0.2) is 24.3 Å². The summed E-state index contributed by atoms with van der Waals surface area (Å²) in [6.45, 7) is -0.587. The molecule has 152 valence electrons. The lowest BCUT2D eigenvalue weighted by molar-refractivity contribution is -0.148. The number of primary amides is 1. The Morgan fingerprint density at radius 2 is 1.93 bits per heavy atom. The summed E-state index contributed by atoms with van der Waals surface area (Å²) < 4.78 is 27.1. The highest BCUT2D eigenvalue weighted by molar-refractivity contribution is 5.87. The van der Waals surface area contributed by atoms with Gasteiger partial charge >= 0.3 is 0 Å². The standard InChI is InChI=1S/C19H24F2N4O3/c20-19(21)6-5-16(26)24(11-19)10-14(22)8-17(27)25-9-13-4-2-1-3-12(13)7-15(25)18(23)28/h1-4,14-15H,5-11,22H2,(H2,23,28)/t14-,15-/m0/s1. The molecule has 9 heteroatoms. The van der Waals surface area contributed by atoms with Crippen LogP contribution in [0.4, 0.5) is 8.78 Å². The van der Waals surface area contributed by atoms with Crippen LogP contribution in [-0.4, -0.2) is 58.6 Å². The number of carbonyl (C=O) groups is 3. The average molecular weight is 394 g/mol. The van der Waals surface area contributed by atoms with Crippen LogP contribution in [0, 0.1) is 0 Å². The Hall–Kier alpha value is -2.55. The number of likely N-dealkylation sites (tertiary alicyclic amines) is 1. The normalized spacial score (nSPS) is 22.5. The Kier molecular flexibility index (Phi) is 5.64. The molecule has 7 nitrogen and oxygen atoms in total. The van der Waals surface area contributed by atoms with Gasteiger partial charge < -0.3 is 21.3 Å². The van der Waals surface area contributed by atoms with E-state index >= 15 is 0 Å². The van der Waals surface area contributed by atoms with Crippen molar-refractivity contribution in [2.45, 2.75) is 50.2 Å². The van der Waals surface area contributed by atoms with Gasteiger partial charge in [0.1, 0.15) is 6.04 Å². The summed E-state index contributed by atoms with van der Waals surface area (Å²) in [5.74, 6) is -4.33. The molecule has 0 spiro atoms. The average Bonchev–Trinajstić information content (AvgIpc) is 2.63.